The lowest BCUT2D eigenvalue weighted by atomic mass is 9.91. The van der Waals surface area contributed by atoms with Crippen LogP contribution in [0.1, 0.15) is 74.4 Å². The number of benzene rings is 1. The summed E-state index contributed by atoms with van der Waals surface area (Å²) in [6.07, 6.45) is 0.824. The van der Waals surface area contributed by atoms with Gasteiger partial charge in [-0.05, 0) is 35.4 Å². The number of nitrogens with one attached hydrogen (secondary N) is 2. The second-order valence-electron chi connectivity index (χ2n) is 6.86. The van der Waals surface area contributed by atoms with E-state index in [1.54, 1.807) is 6.07 Å². The summed E-state index contributed by atoms with van der Waals surface area (Å²) in [5, 5.41) is 5.08. The van der Waals surface area contributed by atoms with Crippen LogP contribution in [0.3, 0.4) is 0 Å². The van der Waals surface area contributed by atoms with Crippen molar-refractivity contribution in [3.05, 3.63) is 34.9 Å². The summed E-state index contributed by atoms with van der Waals surface area (Å²) in [5.74, 6) is -0.781. The molecular weight excluding hydrogens is 332 g/mol. The lowest BCUT2D eigenvalue weighted by Crippen LogP contribution is -2.39. The molecule has 0 aliphatic carbocycles. The van der Waals surface area contributed by atoms with Gasteiger partial charge in [-0.2, -0.15) is 0 Å². The quantitative estimate of drug-likeness (QED) is 0.662. The highest BCUT2D eigenvalue weighted by molar-refractivity contribution is 5.93. The van der Waals surface area contributed by atoms with Crippen molar-refractivity contribution < 1.29 is 19.1 Å². The molecule has 1 aromatic rings. The molecule has 0 aliphatic heterocycles. The minimum atomic E-state index is -0.533. The third-order valence-electron chi connectivity index (χ3n) is 3.94. The molecular formula is C20H30N2O4. The third-order valence-corrected chi connectivity index (χ3v) is 3.94. The van der Waals surface area contributed by atoms with Crippen LogP contribution >= 0.6 is 0 Å². The maximum Gasteiger partial charge on any atom is 0.338 e. The highest BCUT2D eigenvalue weighted by atomic mass is 16.5. The summed E-state index contributed by atoms with van der Waals surface area (Å²) in [6, 6.07) is 5.68. The minimum Gasteiger partial charge on any atom is -0.452 e. The Morgan fingerprint density at radius 1 is 1.00 bits per heavy atom. The summed E-state index contributed by atoms with van der Waals surface area (Å²) in [7, 11) is 0. The zero-order chi connectivity index (χ0) is 19.7. The molecule has 0 saturated carbocycles. The van der Waals surface area contributed by atoms with E-state index in [0.29, 0.717) is 18.0 Å². The number of hydrogen-bond acceptors (Lipinski definition) is 4. The monoisotopic (exact) mass is 362 g/mol. The van der Waals surface area contributed by atoms with Crippen LogP contribution in [0.2, 0.25) is 0 Å². The Morgan fingerprint density at radius 3 is 2.27 bits per heavy atom. The predicted molar refractivity (Wildman–Crippen MR) is 101 cm³/mol. The van der Waals surface area contributed by atoms with Crippen molar-refractivity contribution in [2.75, 3.05) is 19.7 Å². The van der Waals surface area contributed by atoms with E-state index in [1.165, 1.54) is 0 Å². The summed E-state index contributed by atoms with van der Waals surface area (Å²) in [4.78, 5) is 35.5. The van der Waals surface area contributed by atoms with Gasteiger partial charge in [-0.3, -0.25) is 9.59 Å². The molecule has 0 unspecified atom stereocenters. The van der Waals surface area contributed by atoms with E-state index >= 15 is 0 Å². The van der Waals surface area contributed by atoms with E-state index < -0.39 is 18.5 Å². The summed E-state index contributed by atoms with van der Waals surface area (Å²) in [5.41, 5.74) is 2.53. The first-order chi connectivity index (χ1) is 12.3. The SMILES string of the molecule is CCCNC(=O)CNC(=O)COC(=O)c1ccc(C(C)C)cc1C(C)C. The van der Waals surface area contributed by atoms with Crippen LogP contribution in [-0.4, -0.2) is 37.5 Å². The van der Waals surface area contributed by atoms with Gasteiger partial charge < -0.3 is 15.4 Å². The van der Waals surface area contributed by atoms with Crippen molar-refractivity contribution in [1.82, 2.24) is 10.6 Å². The Balaban J connectivity index is 2.62. The molecule has 0 aromatic heterocycles. The number of hydrogen-bond donors (Lipinski definition) is 2. The molecule has 0 atom stereocenters. The first kappa shape index (κ1) is 21.7. The number of amides is 2. The largest absolute Gasteiger partial charge is 0.452 e. The molecule has 6 heteroatoms. The molecule has 0 bridgehead atoms. The Bertz CT molecular complexity index is 639. The van der Waals surface area contributed by atoms with E-state index in [9.17, 15) is 14.4 Å². The molecule has 1 rings (SSSR count). The van der Waals surface area contributed by atoms with Crippen molar-refractivity contribution in [2.24, 2.45) is 0 Å². The number of carbonyl (C=O) groups excluding carboxylic acids is 3. The van der Waals surface area contributed by atoms with Crippen LogP contribution in [0, 0.1) is 0 Å². The molecule has 0 heterocycles. The second-order valence-corrected chi connectivity index (χ2v) is 6.86. The van der Waals surface area contributed by atoms with E-state index in [4.69, 9.17) is 4.74 Å². The van der Waals surface area contributed by atoms with Crippen LogP contribution in [0.4, 0.5) is 0 Å². The van der Waals surface area contributed by atoms with Crippen molar-refractivity contribution in [3.63, 3.8) is 0 Å². The van der Waals surface area contributed by atoms with Crippen molar-refractivity contribution in [3.8, 4) is 0 Å². The van der Waals surface area contributed by atoms with Crippen LogP contribution in [0.25, 0.3) is 0 Å². The minimum absolute atomic E-state index is 0.128. The zero-order valence-corrected chi connectivity index (χ0v) is 16.3. The second kappa shape index (κ2) is 10.6. The van der Waals surface area contributed by atoms with Crippen molar-refractivity contribution >= 4 is 17.8 Å². The van der Waals surface area contributed by atoms with Gasteiger partial charge in [-0.25, -0.2) is 4.79 Å². The first-order valence-corrected chi connectivity index (χ1v) is 9.10. The molecule has 0 saturated heterocycles. The molecule has 26 heavy (non-hydrogen) atoms. The molecule has 144 valence electrons. The first-order valence-electron chi connectivity index (χ1n) is 9.10. The Morgan fingerprint density at radius 2 is 1.69 bits per heavy atom. The molecule has 0 aliphatic rings. The van der Waals surface area contributed by atoms with Gasteiger partial charge >= 0.3 is 5.97 Å². The Hall–Kier alpha value is -2.37. The number of esters is 1. The summed E-state index contributed by atoms with van der Waals surface area (Å²) < 4.78 is 5.11. The summed E-state index contributed by atoms with van der Waals surface area (Å²) >= 11 is 0. The van der Waals surface area contributed by atoms with Gasteiger partial charge in [0.1, 0.15) is 0 Å². The van der Waals surface area contributed by atoms with E-state index in [1.807, 2.05) is 32.9 Å². The third kappa shape index (κ3) is 6.86. The highest BCUT2D eigenvalue weighted by Gasteiger charge is 2.18. The smallest absolute Gasteiger partial charge is 0.338 e. The molecule has 2 N–H and O–H groups in total. The maximum absolute atomic E-state index is 12.4. The molecule has 0 spiro atoms. The fraction of sp³-hybridized carbons (Fsp3) is 0.550. The average Bonchev–Trinajstić information content (AvgIpc) is 2.61. The fourth-order valence-corrected chi connectivity index (χ4v) is 2.37. The topological polar surface area (TPSA) is 84.5 Å². The fourth-order valence-electron chi connectivity index (χ4n) is 2.37. The van der Waals surface area contributed by atoms with Gasteiger partial charge in [0.05, 0.1) is 12.1 Å². The maximum atomic E-state index is 12.4. The van der Waals surface area contributed by atoms with Gasteiger partial charge in [0.2, 0.25) is 5.91 Å². The zero-order valence-electron chi connectivity index (χ0n) is 16.3. The van der Waals surface area contributed by atoms with Gasteiger partial charge in [-0.15, -0.1) is 0 Å². The van der Waals surface area contributed by atoms with Crippen molar-refractivity contribution in [2.45, 2.75) is 52.9 Å². The van der Waals surface area contributed by atoms with Gasteiger partial charge in [0, 0.05) is 6.54 Å². The van der Waals surface area contributed by atoms with Gasteiger partial charge in [0.15, 0.2) is 6.61 Å². The van der Waals surface area contributed by atoms with Crippen molar-refractivity contribution in [1.29, 1.82) is 0 Å². The molecule has 0 radical (unpaired) electrons. The van der Waals surface area contributed by atoms with Gasteiger partial charge in [-0.1, -0.05) is 46.8 Å². The van der Waals surface area contributed by atoms with Crippen LogP contribution in [-0.2, 0) is 14.3 Å². The number of carbonyl (C=O) groups is 3. The van der Waals surface area contributed by atoms with E-state index in [2.05, 4.69) is 24.5 Å². The molecule has 2 amide bonds. The lowest BCUT2D eigenvalue weighted by Gasteiger charge is -2.15. The highest BCUT2D eigenvalue weighted by Crippen LogP contribution is 2.25. The number of ether oxygens (including phenoxy) is 1. The van der Waals surface area contributed by atoms with E-state index in [0.717, 1.165) is 17.5 Å². The van der Waals surface area contributed by atoms with Crippen LogP contribution in [0.5, 0.6) is 0 Å². The standard InChI is InChI=1S/C20H30N2O4/c1-6-9-21-18(23)11-22-19(24)12-26-20(25)16-8-7-15(13(2)3)10-17(16)14(4)5/h7-8,10,13-14H,6,9,11-12H2,1-5H3,(H,21,23)(H,22,24). The average molecular weight is 362 g/mol. The Kier molecular flexibility index (Phi) is 8.82. The predicted octanol–water partition coefficient (Wildman–Crippen LogP) is 2.73. The van der Waals surface area contributed by atoms with Crippen LogP contribution < -0.4 is 10.6 Å². The van der Waals surface area contributed by atoms with Gasteiger partial charge in [0.25, 0.3) is 5.91 Å². The molecule has 1 aromatic carbocycles. The molecule has 6 nitrogen and oxygen atoms in total. The summed E-state index contributed by atoms with van der Waals surface area (Å²) in [6.45, 7) is 10.2. The Labute approximate surface area is 155 Å². The number of rotatable bonds is 9. The van der Waals surface area contributed by atoms with E-state index in [-0.39, 0.29) is 18.4 Å². The molecule has 0 fully saturated rings. The normalized spacial score (nSPS) is 10.7. The lowest BCUT2D eigenvalue weighted by molar-refractivity contribution is -0.127. The van der Waals surface area contributed by atoms with Crippen LogP contribution in [0.15, 0.2) is 18.2 Å².